The van der Waals surface area contributed by atoms with Gasteiger partial charge in [0.05, 0.1) is 5.92 Å². The van der Waals surface area contributed by atoms with Crippen LogP contribution in [0.1, 0.15) is 13.8 Å². The van der Waals surface area contributed by atoms with Crippen molar-refractivity contribution in [2.24, 2.45) is 5.92 Å². The lowest BCUT2D eigenvalue weighted by Gasteiger charge is -2.38. The molecule has 18 heavy (non-hydrogen) atoms. The number of carboxylic acids is 1. The van der Waals surface area contributed by atoms with E-state index in [4.69, 9.17) is 14.6 Å². The van der Waals surface area contributed by atoms with Gasteiger partial charge in [0.15, 0.2) is 6.10 Å². The molecule has 0 saturated carbocycles. The fourth-order valence-electron chi connectivity index (χ4n) is 1.40. The maximum atomic E-state index is 11.3. The number of aliphatic hydroxyl groups excluding tert-OH is 3. The summed E-state index contributed by atoms with van der Waals surface area (Å²) in [5, 5.41) is 37.1. The Morgan fingerprint density at radius 2 is 1.67 bits per heavy atom. The zero-order valence-electron chi connectivity index (χ0n) is 9.89. The van der Waals surface area contributed by atoms with E-state index in [0.29, 0.717) is 0 Å². The standard InChI is InChI=1S/C10H16O8/c1-3(2)9(16)18-10-6(13)4(11)5(12)7(17-10)8(14)15/h3-7,10-13H,1-2H3,(H,14,15)/t4-,5-,6+,7-,10-/m0/s1. The summed E-state index contributed by atoms with van der Waals surface area (Å²) < 4.78 is 9.48. The van der Waals surface area contributed by atoms with Crippen LogP contribution in [-0.2, 0) is 19.1 Å². The Kier molecular flexibility index (Phi) is 4.63. The summed E-state index contributed by atoms with van der Waals surface area (Å²) in [7, 11) is 0. The van der Waals surface area contributed by atoms with E-state index in [1.54, 1.807) is 0 Å². The average Bonchev–Trinajstić information content (AvgIpc) is 2.29. The van der Waals surface area contributed by atoms with Gasteiger partial charge in [0.25, 0.3) is 0 Å². The maximum Gasteiger partial charge on any atom is 0.335 e. The van der Waals surface area contributed by atoms with Crippen molar-refractivity contribution in [3.05, 3.63) is 0 Å². The Balaban J connectivity index is 2.79. The van der Waals surface area contributed by atoms with Crippen LogP contribution in [0.2, 0.25) is 0 Å². The van der Waals surface area contributed by atoms with Gasteiger partial charge in [-0.1, -0.05) is 13.8 Å². The maximum absolute atomic E-state index is 11.3. The number of hydrogen-bond acceptors (Lipinski definition) is 7. The van der Waals surface area contributed by atoms with Gasteiger partial charge in [0.1, 0.15) is 18.3 Å². The molecule has 0 radical (unpaired) electrons. The molecule has 0 aliphatic carbocycles. The van der Waals surface area contributed by atoms with Gasteiger partial charge in [-0.25, -0.2) is 4.79 Å². The SMILES string of the molecule is CC(C)C(=O)O[C@@H]1O[C@H](C(=O)O)[C@@H](O)[C@H](O)[C@H]1O. The second-order valence-electron chi connectivity index (χ2n) is 4.33. The number of hydrogen-bond donors (Lipinski definition) is 4. The Hall–Kier alpha value is -1.22. The smallest absolute Gasteiger partial charge is 0.335 e. The molecule has 0 unspecified atom stereocenters. The van der Waals surface area contributed by atoms with Crippen LogP contribution in [0.5, 0.6) is 0 Å². The van der Waals surface area contributed by atoms with Gasteiger partial charge < -0.3 is 29.9 Å². The number of carbonyl (C=O) groups is 2. The van der Waals surface area contributed by atoms with E-state index in [1.165, 1.54) is 13.8 Å². The van der Waals surface area contributed by atoms with Gasteiger partial charge in [-0.15, -0.1) is 0 Å². The molecular formula is C10H16O8. The van der Waals surface area contributed by atoms with Crippen molar-refractivity contribution >= 4 is 11.9 Å². The lowest BCUT2D eigenvalue weighted by atomic mass is 9.99. The number of aliphatic hydroxyl groups is 3. The fraction of sp³-hybridized carbons (Fsp3) is 0.800. The zero-order valence-corrected chi connectivity index (χ0v) is 9.89. The minimum atomic E-state index is -1.80. The van der Waals surface area contributed by atoms with E-state index in [9.17, 15) is 24.9 Å². The highest BCUT2D eigenvalue weighted by Crippen LogP contribution is 2.23. The van der Waals surface area contributed by atoms with Crippen molar-refractivity contribution in [1.29, 1.82) is 0 Å². The summed E-state index contributed by atoms with van der Waals surface area (Å²) in [4.78, 5) is 22.1. The third-order valence-electron chi connectivity index (χ3n) is 2.52. The number of carboxylic acid groups (broad SMARTS) is 1. The van der Waals surface area contributed by atoms with E-state index >= 15 is 0 Å². The van der Waals surface area contributed by atoms with Crippen molar-refractivity contribution in [1.82, 2.24) is 0 Å². The molecule has 8 heteroatoms. The van der Waals surface area contributed by atoms with E-state index in [1.807, 2.05) is 0 Å². The second kappa shape index (κ2) is 5.61. The predicted molar refractivity (Wildman–Crippen MR) is 55.2 cm³/mol. The van der Waals surface area contributed by atoms with Crippen LogP contribution in [0, 0.1) is 5.92 Å². The third kappa shape index (κ3) is 2.96. The van der Waals surface area contributed by atoms with Crippen molar-refractivity contribution in [3.63, 3.8) is 0 Å². The Morgan fingerprint density at radius 3 is 2.11 bits per heavy atom. The molecule has 1 heterocycles. The van der Waals surface area contributed by atoms with Crippen LogP contribution in [0.3, 0.4) is 0 Å². The molecular weight excluding hydrogens is 248 g/mol. The van der Waals surface area contributed by atoms with Crippen molar-refractivity contribution in [3.8, 4) is 0 Å². The predicted octanol–water partition coefficient (Wildman–Crippen LogP) is -1.92. The molecule has 5 atom stereocenters. The van der Waals surface area contributed by atoms with E-state index < -0.39 is 48.6 Å². The number of esters is 1. The molecule has 0 aromatic carbocycles. The molecule has 8 nitrogen and oxygen atoms in total. The summed E-state index contributed by atoms with van der Waals surface area (Å²) in [6.45, 7) is 3.08. The first-order valence-corrected chi connectivity index (χ1v) is 5.38. The summed E-state index contributed by atoms with van der Waals surface area (Å²) in [6.07, 6.45) is -8.68. The monoisotopic (exact) mass is 264 g/mol. The molecule has 1 fully saturated rings. The number of ether oxygens (including phenoxy) is 2. The first-order chi connectivity index (χ1) is 8.25. The highest BCUT2D eigenvalue weighted by Gasteiger charge is 2.48. The van der Waals surface area contributed by atoms with Crippen molar-refractivity contribution in [2.75, 3.05) is 0 Å². The normalized spacial score (nSPS) is 36.4. The molecule has 0 bridgehead atoms. The lowest BCUT2D eigenvalue weighted by molar-refractivity contribution is -0.287. The molecule has 4 N–H and O–H groups in total. The van der Waals surface area contributed by atoms with Gasteiger partial charge in [-0.3, -0.25) is 4.79 Å². The second-order valence-corrected chi connectivity index (χ2v) is 4.33. The first kappa shape index (κ1) is 14.8. The van der Waals surface area contributed by atoms with Gasteiger partial charge >= 0.3 is 11.9 Å². The fourth-order valence-corrected chi connectivity index (χ4v) is 1.40. The van der Waals surface area contributed by atoms with Gasteiger partial charge in [-0.2, -0.15) is 0 Å². The van der Waals surface area contributed by atoms with Crippen LogP contribution >= 0.6 is 0 Å². The van der Waals surface area contributed by atoms with Crippen LogP contribution in [0.25, 0.3) is 0 Å². The molecule has 0 aromatic rings. The van der Waals surface area contributed by atoms with Crippen LogP contribution in [0.15, 0.2) is 0 Å². The van der Waals surface area contributed by atoms with Crippen molar-refractivity contribution in [2.45, 2.75) is 44.6 Å². The van der Waals surface area contributed by atoms with Crippen LogP contribution in [0.4, 0.5) is 0 Å². The Morgan fingerprint density at radius 1 is 1.11 bits per heavy atom. The number of carbonyl (C=O) groups excluding carboxylic acids is 1. The molecule has 1 aliphatic heterocycles. The third-order valence-corrected chi connectivity index (χ3v) is 2.52. The summed E-state index contributed by atoms with van der Waals surface area (Å²) >= 11 is 0. The zero-order chi connectivity index (χ0) is 14.0. The van der Waals surface area contributed by atoms with E-state index in [2.05, 4.69) is 0 Å². The molecule has 0 spiro atoms. The van der Waals surface area contributed by atoms with Crippen molar-refractivity contribution < 1.29 is 39.5 Å². The quantitative estimate of drug-likeness (QED) is 0.433. The molecule has 0 amide bonds. The minimum Gasteiger partial charge on any atom is -0.479 e. The highest BCUT2D eigenvalue weighted by molar-refractivity contribution is 5.74. The van der Waals surface area contributed by atoms with Gasteiger partial charge in [0.2, 0.25) is 6.29 Å². The molecule has 1 rings (SSSR count). The Bertz CT molecular complexity index is 328. The van der Waals surface area contributed by atoms with Gasteiger partial charge in [0, 0.05) is 0 Å². The lowest BCUT2D eigenvalue weighted by Crippen LogP contribution is -2.60. The number of aliphatic carboxylic acids is 1. The Labute approximate surface area is 103 Å². The van der Waals surface area contributed by atoms with Gasteiger partial charge in [-0.05, 0) is 0 Å². The molecule has 1 saturated heterocycles. The summed E-state index contributed by atoms with van der Waals surface area (Å²) in [6, 6.07) is 0. The van der Waals surface area contributed by atoms with Crippen LogP contribution in [-0.4, -0.2) is 63.1 Å². The van der Waals surface area contributed by atoms with E-state index in [0.717, 1.165) is 0 Å². The summed E-state index contributed by atoms with van der Waals surface area (Å²) in [5.41, 5.74) is 0. The molecule has 0 aromatic heterocycles. The average molecular weight is 264 g/mol. The minimum absolute atomic E-state index is 0.506. The van der Waals surface area contributed by atoms with E-state index in [-0.39, 0.29) is 0 Å². The van der Waals surface area contributed by atoms with Crippen LogP contribution < -0.4 is 0 Å². The number of rotatable bonds is 3. The topological polar surface area (TPSA) is 134 Å². The molecule has 104 valence electrons. The first-order valence-electron chi connectivity index (χ1n) is 5.38. The molecule has 1 aliphatic rings. The largest absolute Gasteiger partial charge is 0.479 e. The summed E-state index contributed by atoms with van der Waals surface area (Å²) in [5.74, 6) is -2.75. The highest BCUT2D eigenvalue weighted by atomic mass is 16.7.